The Balaban J connectivity index is 1.37. The lowest BCUT2D eigenvalue weighted by Crippen LogP contribution is -2.42. The molecule has 51 heavy (non-hydrogen) atoms. The summed E-state index contributed by atoms with van der Waals surface area (Å²) in [7, 11) is 0.389. The molecule has 9 nitrogen and oxygen atoms in total. The van der Waals surface area contributed by atoms with E-state index in [0.29, 0.717) is 36.7 Å². The van der Waals surface area contributed by atoms with Crippen LogP contribution in [0.15, 0.2) is 53.6 Å². The molecule has 1 atom stereocenters. The Kier molecular flexibility index (Phi) is 8.80. The van der Waals surface area contributed by atoms with E-state index in [1.807, 2.05) is 86.4 Å². The first-order valence-electron chi connectivity index (χ1n) is 16.9. The van der Waals surface area contributed by atoms with Crippen LogP contribution in [-0.4, -0.2) is 52.6 Å². The summed E-state index contributed by atoms with van der Waals surface area (Å²) in [6.07, 6.45) is 4.37. The molecule has 0 saturated heterocycles. The van der Waals surface area contributed by atoms with Crippen LogP contribution in [0, 0.1) is 27.7 Å². The number of aromatic nitrogens is 4. The van der Waals surface area contributed by atoms with E-state index in [1.165, 1.54) is 6.26 Å². The fraction of sp³-hybridized carbons (Fsp3) is 0.333. The van der Waals surface area contributed by atoms with Crippen LogP contribution < -0.4 is 9.64 Å². The van der Waals surface area contributed by atoms with Gasteiger partial charge in [-0.1, -0.05) is 29.3 Å². The van der Waals surface area contributed by atoms with Gasteiger partial charge in [0.05, 0.1) is 38.9 Å². The highest BCUT2D eigenvalue weighted by molar-refractivity contribution is 7.90. The molecule has 3 aromatic carbocycles. The number of aryl methyl sites for hydroxylation is 6. The van der Waals surface area contributed by atoms with Gasteiger partial charge >= 0.3 is 0 Å². The third-order valence-electron chi connectivity index (χ3n) is 10.2. The van der Waals surface area contributed by atoms with Crippen LogP contribution in [0.2, 0.25) is 10.0 Å². The van der Waals surface area contributed by atoms with Gasteiger partial charge in [-0.05, 0) is 101 Å². The van der Waals surface area contributed by atoms with Crippen LogP contribution in [0.5, 0.6) is 5.75 Å². The molecular weight excluding hydrogens is 705 g/mol. The first-order chi connectivity index (χ1) is 24.1. The number of fused-ring (bicyclic) bond motifs is 4. The van der Waals surface area contributed by atoms with E-state index < -0.39 is 9.84 Å². The summed E-state index contributed by atoms with van der Waals surface area (Å²) in [5.41, 5.74) is 9.58. The van der Waals surface area contributed by atoms with Gasteiger partial charge in [0.25, 0.3) is 5.91 Å². The van der Waals surface area contributed by atoms with E-state index >= 15 is 0 Å². The predicted molar refractivity (Wildman–Crippen MR) is 206 cm³/mol. The lowest BCUT2D eigenvalue weighted by Gasteiger charge is -2.34. The number of benzene rings is 3. The third-order valence-corrected chi connectivity index (χ3v) is 12.2. The average Bonchev–Trinajstić information content (AvgIpc) is 3.67. The second-order valence-electron chi connectivity index (χ2n) is 13.8. The maximum Gasteiger partial charge on any atom is 0.275 e. The Bertz CT molecular complexity index is 2500. The summed E-state index contributed by atoms with van der Waals surface area (Å²) >= 11 is 13.5. The van der Waals surface area contributed by atoms with Crippen LogP contribution in [0.1, 0.15) is 58.0 Å². The van der Waals surface area contributed by atoms with Crippen molar-refractivity contribution in [3.63, 3.8) is 0 Å². The molecule has 0 fully saturated rings. The van der Waals surface area contributed by atoms with Gasteiger partial charge in [-0.2, -0.15) is 5.10 Å². The zero-order valence-electron chi connectivity index (χ0n) is 30.1. The second-order valence-corrected chi connectivity index (χ2v) is 16.7. The van der Waals surface area contributed by atoms with E-state index in [1.54, 1.807) is 18.2 Å². The Morgan fingerprint density at radius 3 is 2.29 bits per heavy atom. The molecule has 1 unspecified atom stereocenters. The Morgan fingerprint density at radius 1 is 0.961 bits per heavy atom. The summed E-state index contributed by atoms with van der Waals surface area (Å²) in [5, 5.41) is 7.83. The molecule has 266 valence electrons. The molecule has 6 aromatic rings. The van der Waals surface area contributed by atoms with Crippen LogP contribution in [0.4, 0.5) is 5.69 Å². The van der Waals surface area contributed by atoms with E-state index in [4.69, 9.17) is 33.0 Å². The highest BCUT2D eigenvalue weighted by atomic mass is 35.5. The van der Waals surface area contributed by atoms with E-state index in [0.717, 1.165) is 77.5 Å². The minimum absolute atomic E-state index is 0.120. The number of rotatable bonds is 8. The molecule has 0 spiro atoms. The maximum atomic E-state index is 15.0. The largest absolute Gasteiger partial charge is 0.494 e. The lowest BCUT2D eigenvalue weighted by atomic mass is 9.98. The fourth-order valence-electron chi connectivity index (χ4n) is 7.73. The van der Waals surface area contributed by atoms with Gasteiger partial charge in [-0.25, -0.2) is 8.42 Å². The minimum Gasteiger partial charge on any atom is -0.494 e. The topological polar surface area (TPSA) is 91.4 Å². The molecule has 0 aliphatic carbocycles. The number of hydrogen-bond acceptors (Lipinski definition) is 5. The molecule has 1 aliphatic heterocycles. The lowest BCUT2D eigenvalue weighted by molar-refractivity contribution is 0.0957. The first kappa shape index (κ1) is 35.2. The number of halogens is 2. The number of amides is 1. The standard InChI is InChI=1S/C39H41Cl2N5O4S/c1-21-16-26(17-22(2)36(21)41)50-15-9-10-28-29-13-14-31(40)35(34-24(4)42-44(7)25(34)5)37(29)46-23(3)19-45(39(47)38(28)46)33-20-43(6)32-18-27(51(8,48)49)11-12-30(32)33/h11-14,16-18,20,23H,9-10,15,19H2,1-8H3. The minimum atomic E-state index is -3.41. The van der Waals surface area contributed by atoms with Crippen molar-refractivity contribution in [1.29, 1.82) is 0 Å². The molecule has 7 rings (SSSR count). The van der Waals surface area contributed by atoms with Crippen molar-refractivity contribution in [2.45, 2.75) is 58.4 Å². The predicted octanol–water partition coefficient (Wildman–Crippen LogP) is 8.71. The highest BCUT2D eigenvalue weighted by Gasteiger charge is 2.37. The normalized spacial score (nSPS) is 15.0. The van der Waals surface area contributed by atoms with Crippen molar-refractivity contribution in [2.24, 2.45) is 14.1 Å². The van der Waals surface area contributed by atoms with Gasteiger partial charge in [0, 0.05) is 71.8 Å². The average molecular weight is 747 g/mol. The van der Waals surface area contributed by atoms with Crippen LogP contribution in [-0.2, 0) is 30.4 Å². The monoisotopic (exact) mass is 745 g/mol. The Morgan fingerprint density at radius 2 is 1.65 bits per heavy atom. The molecule has 0 N–H and O–H groups in total. The first-order valence-corrected chi connectivity index (χ1v) is 19.6. The Hall–Kier alpha value is -4.25. The van der Waals surface area contributed by atoms with Gasteiger partial charge < -0.3 is 18.8 Å². The summed E-state index contributed by atoms with van der Waals surface area (Å²) in [6.45, 7) is 11.0. The van der Waals surface area contributed by atoms with Gasteiger partial charge in [-0.15, -0.1) is 0 Å². The van der Waals surface area contributed by atoms with Gasteiger partial charge in [0.15, 0.2) is 9.84 Å². The molecule has 1 amide bonds. The molecule has 12 heteroatoms. The fourth-order valence-corrected chi connectivity index (χ4v) is 8.72. The van der Waals surface area contributed by atoms with Crippen molar-refractivity contribution in [3.05, 3.63) is 92.5 Å². The highest BCUT2D eigenvalue weighted by Crippen LogP contribution is 2.45. The van der Waals surface area contributed by atoms with Crippen LogP contribution >= 0.6 is 23.2 Å². The number of carbonyl (C=O) groups is 1. The Labute approximate surface area is 308 Å². The zero-order chi connectivity index (χ0) is 36.7. The SMILES string of the molecule is Cc1cc(OCCCc2c3n(c4c(-c5c(C)nn(C)c5C)c(Cl)ccc24)C(C)CN(c2cn(C)c4cc(S(C)(=O)=O)ccc24)C3=O)cc(C)c1Cl. The van der Waals surface area contributed by atoms with Crippen molar-refractivity contribution in [3.8, 4) is 16.9 Å². The summed E-state index contributed by atoms with van der Waals surface area (Å²) < 4.78 is 36.9. The van der Waals surface area contributed by atoms with E-state index in [2.05, 4.69) is 11.5 Å². The molecular formula is C39H41Cl2N5O4S. The van der Waals surface area contributed by atoms with E-state index in [-0.39, 0.29) is 16.8 Å². The second kappa shape index (κ2) is 12.8. The molecule has 0 radical (unpaired) electrons. The maximum absolute atomic E-state index is 15.0. The van der Waals surface area contributed by atoms with Crippen molar-refractivity contribution < 1.29 is 17.9 Å². The molecule has 0 bridgehead atoms. The van der Waals surface area contributed by atoms with Crippen molar-refractivity contribution in [1.82, 2.24) is 18.9 Å². The molecule has 3 aromatic heterocycles. The molecule has 4 heterocycles. The van der Waals surface area contributed by atoms with E-state index in [9.17, 15) is 13.2 Å². The number of anilines is 1. The van der Waals surface area contributed by atoms with Gasteiger partial charge in [0.2, 0.25) is 0 Å². The summed E-state index contributed by atoms with van der Waals surface area (Å²) in [4.78, 5) is 17.0. The van der Waals surface area contributed by atoms with Crippen LogP contribution in [0.25, 0.3) is 32.9 Å². The molecule has 0 saturated carbocycles. The molecule has 1 aliphatic rings. The third kappa shape index (κ3) is 5.81. The van der Waals surface area contributed by atoms with Gasteiger partial charge in [0.1, 0.15) is 11.4 Å². The van der Waals surface area contributed by atoms with Crippen molar-refractivity contribution >= 4 is 66.4 Å². The van der Waals surface area contributed by atoms with Crippen LogP contribution in [0.3, 0.4) is 0 Å². The number of nitrogens with zero attached hydrogens (tertiary/aromatic N) is 5. The number of ether oxygens (including phenoxy) is 1. The number of hydrogen-bond donors (Lipinski definition) is 0. The summed E-state index contributed by atoms with van der Waals surface area (Å²) in [6, 6.07) is 12.8. The smallest absolute Gasteiger partial charge is 0.275 e. The number of sulfone groups is 1. The number of carbonyl (C=O) groups excluding carboxylic acids is 1. The zero-order valence-corrected chi connectivity index (χ0v) is 32.4. The quantitative estimate of drug-likeness (QED) is 0.145. The summed E-state index contributed by atoms with van der Waals surface area (Å²) in [5.74, 6) is 0.645. The van der Waals surface area contributed by atoms with Crippen molar-refractivity contribution in [2.75, 3.05) is 24.3 Å². The van der Waals surface area contributed by atoms with Gasteiger partial charge in [-0.3, -0.25) is 9.48 Å².